The minimum absolute atomic E-state index is 0. The molecule has 0 aliphatic heterocycles. The lowest BCUT2D eigenvalue weighted by Crippen LogP contribution is -2.46. The summed E-state index contributed by atoms with van der Waals surface area (Å²) in [5, 5.41) is 7.28. The Morgan fingerprint density at radius 1 is 1.33 bits per heavy atom. The molecule has 154 valence electrons. The summed E-state index contributed by atoms with van der Waals surface area (Å²) in [6.07, 6.45) is 4.31. The number of guanidine groups is 1. The first-order valence-electron chi connectivity index (χ1n) is 9.55. The van der Waals surface area contributed by atoms with E-state index in [0.717, 1.165) is 43.9 Å². The van der Waals surface area contributed by atoms with Gasteiger partial charge in [-0.05, 0) is 49.4 Å². The summed E-state index contributed by atoms with van der Waals surface area (Å²) in [6.45, 7) is 4.90. The predicted molar refractivity (Wildman–Crippen MR) is 129 cm³/mol. The van der Waals surface area contributed by atoms with Gasteiger partial charge in [-0.25, -0.2) is 0 Å². The number of hydrogen-bond acceptors (Lipinski definition) is 3. The monoisotopic (exact) mass is 506 g/mol. The topological polar surface area (TPSA) is 56.7 Å². The van der Waals surface area contributed by atoms with Crippen LogP contribution in [-0.4, -0.2) is 48.4 Å². The van der Waals surface area contributed by atoms with Crippen LogP contribution in [0.15, 0.2) is 23.2 Å². The molecule has 3 atom stereocenters. The molecule has 27 heavy (non-hydrogen) atoms. The van der Waals surface area contributed by atoms with Crippen molar-refractivity contribution in [1.82, 2.24) is 10.6 Å². The summed E-state index contributed by atoms with van der Waals surface area (Å²) in [7, 11) is 5.22. The van der Waals surface area contributed by atoms with Gasteiger partial charge < -0.3 is 15.5 Å². The van der Waals surface area contributed by atoms with Gasteiger partial charge in [-0.1, -0.05) is 19.4 Å². The van der Waals surface area contributed by atoms with Crippen LogP contribution in [0.4, 0.5) is 5.69 Å². The van der Waals surface area contributed by atoms with Gasteiger partial charge in [-0.2, -0.15) is 0 Å². The second-order valence-electron chi connectivity index (χ2n) is 7.23. The molecule has 3 unspecified atom stereocenters. The number of aliphatic imine (C=N–C) groups is 1. The molecule has 0 saturated heterocycles. The van der Waals surface area contributed by atoms with Crippen LogP contribution in [0.3, 0.4) is 0 Å². The largest absolute Gasteiger partial charge is 0.378 e. The summed E-state index contributed by atoms with van der Waals surface area (Å²) in [4.78, 5) is 6.49. The number of anilines is 1. The van der Waals surface area contributed by atoms with Crippen LogP contribution in [0.1, 0.15) is 43.7 Å². The van der Waals surface area contributed by atoms with E-state index in [1.165, 1.54) is 16.8 Å². The van der Waals surface area contributed by atoms with Gasteiger partial charge in [0, 0.05) is 61.2 Å². The van der Waals surface area contributed by atoms with Crippen LogP contribution in [0.5, 0.6) is 0 Å². The minimum atomic E-state index is -0.698. The van der Waals surface area contributed by atoms with Crippen molar-refractivity contribution in [1.29, 1.82) is 0 Å². The highest BCUT2D eigenvalue weighted by Crippen LogP contribution is 2.23. The molecule has 0 bridgehead atoms. The average Bonchev–Trinajstić information content (AvgIpc) is 2.65. The van der Waals surface area contributed by atoms with Gasteiger partial charge in [-0.3, -0.25) is 9.20 Å². The molecule has 1 aromatic rings. The maximum absolute atomic E-state index is 12.1. The van der Waals surface area contributed by atoms with Crippen LogP contribution in [-0.2, 0) is 17.3 Å². The molecule has 0 radical (unpaired) electrons. The Hall–Kier alpha value is -0.830. The Balaban J connectivity index is 0.00000364. The quantitative estimate of drug-likeness (QED) is 0.353. The number of benzene rings is 1. The third-order valence-electron chi connectivity index (χ3n) is 5.14. The van der Waals surface area contributed by atoms with E-state index in [4.69, 9.17) is 0 Å². The molecule has 1 aliphatic rings. The summed E-state index contributed by atoms with van der Waals surface area (Å²) in [5.74, 6) is 1.58. The van der Waals surface area contributed by atoms with Crippen LogP contribution < -0.4 is 15.5 Å². The lowest BCUT2D eigenvalue weighted by Gasteiger charge is -2.30. The van der Waals surface area contributed by atoms with Crippen LogP contribution in [0, 0.1) is 6.92 Å². The molecule has 2 N–H and O–H groups in total. The van der Waals surface area contributed by atoms with Gasteiger partial charge in [0.05, 0.1) is 0 Å². The first kappa shape index (κ1) is 24.2. The fourth-order valence-electron chi connectivity index (χ4n) is 3.47. The Kier molecular flexibility index (Phi) is 10.7. The first-order valence-corrected chi connectivity index (χ1v) is 10.9. The smallest absolute Gasteiger partial charge is 0.191 e. The molecule has 0 spiro atoms. The summed E-state index contributed by atoms with van der Waals surface area (Å²) in [5.41, 5.74) is 3.76. The summed E-state index contributed by atoms with van der Waals surface area (Å²) >= 11 is 0. The van der Waals surface area contributed by atoms with Crippen molar-refractivity contribution >= 4 is 46.4 Å². The Morgan fingerprint density at radius 3 is 2.67 bits per heavy atom. The molecule has 7 heteroatoms. The van der Waals surface area contributed by atoms with Crippen molar-refractivity contribution in [3.05, 3.63) is 29.3 Å². The second-order valence-corrected chi connectivity index (χ2v) is 9.24. The van der Waals surface area contributed by atoms with Gasteiger partial charge in [0.15, 0.2) is 5.96 Å². The molecular formula is C20H35IN4OS. The van der Waals surface area contributed by atoms with Crippen molar-refractivity contribution in [2.75, 3.05) is 31.8 Å². The molecule has 0 aromatic heterocycles. The Labute approximate surface area is 184 Å². The van der Waals surface area contributed by atoms with Crippen molar-refractivity contribution in [3.8, 4) is 0 Å². The maximum atomic E-state index is 12.1. The zero-order chi connectivity index (χ0) is 19.1. The van der Waals surface area contributed by atoms with Crippen molar-refractivity contribution < 1.29 is 4.21 Å². The van der Waals surface area contributed by atoms with Gasteiger partial charge in [0.25, 0.3) is 0 Å². The lowest BCUT2D eigenvalue weighted by atomic mass is 9.95. The van der Waals surface area contributed by atoms with Crippen LogP contribution in [0.25, 0.3) is 0 Å². The number of halogens is 1. The highest BCUT2D eigenvalue weighted by molar-refractivity contribution is 14.0. The van der Waals surface area contributed by atoms with E-state index >= 15 is 0 Å². The van der Waals surface area contributed by atoms with E-state index < -0.39 is 10.8 Å². The number of nitrogens with one attached hydrogen (secondary N) is 2. The Bertz CT molecular complexity index is 651. The SMILES string of the molecule is CCS(=O)C1CCCC(NC(=NC)NCc2ccc(N(C)C)cc2C)C1.I. The number of aryl methyl sites for hydroxylation is 1. The van der Waals surface area contributed by atoms with Gasteiger partial charge in [0.1, 0.15) is 0 Å². The fraction of sp³-hybridized carbons (Fsp3) is 0.650. The molecule has 1 saturated carbocycles. The van der Waals surface area contributed by atoms with Crippen molar-refractivity contribution in [3.63, 3.8) is 0 Å². The lowest BCUT2D eigenvalue weighted by molar-refractivity contribution is 0.413. The molecule has 1 aliphatic carbocycles. The van der Waals surface area contributed by atoms with E-state index in [9.17, 15) is 4.21 Å². The molecule has 0 heterocycles. The van der Waals surface area contributed by atoms with E-state index in [1.54, 1.807) is 0 Å². The molecule has 1 fully saturated rings. The zero-order valence-corrected chi connectivity index (χ0v) is 20.4. The highest BCUT2D eigenvalue weighted by atomic mass is 127. The average molecular weight is 506 g/mol. The highest BCUT2D eigenvalue weighted by Gasteiger charge is 2.26. The second kappa shape index (κ2) is 11.9. The Morgan fingerprint density at radius 2 is 2.07 bits per heavy atom. The first-order chi connectivity index (χ1) is 12.4. The van der Waals surface area contributed by atoms with E-state index in [0.29, 0.717) is 11.3 Å². The number of rotatable bonds is 6. The summed E-state index contributed by atoms with van der Waals surface area (Å²) in [6, 6.07) is 6.88. The van der Waals surface area contributed by atoms with E-state index in [2.05, 4.69) is 59.7 Å². The van der Waals surface area contributed by atoms with Crippen molar-refractivity contribution in [2.24, 2.45) is 4.99 Å². The van der Waals surface area contributed by atoms with E-state index in [1.807, 2.05) is 14.0 Å². The third kappa shape index (κ3) is 7.25. The van der Waals surface area contributed by atoms with E-state index in [-0.39, 0.29) is 24.0 Å². The molecule has 5 nitrogen and oxygen atoms in total. The molecular weight excluding hydrogens is 471 g/mol. The standard InChI is InChI=1S/C20H34N4OS.HI/c1-6-26(25)19-9-7-8-17(13-19)23-20(21-3)22-14-16-10-11-18(24(4)5)12-15(16)2;/h10-12,17,19H,6-9,13-14H2,1-5H3,(H2,21,22,23);1H. The predicted octanol–water partition coefficient (Wildman–Crippen LogP) is 3.42. The van der Waals surface area contributed by atoms with Gasteiger partial charge >= 0.3 is 0 Å². The van der Waals surface area contributed by atoms with Crippen molar-refractivity contribution in [2.45, 2.75) is 57.4 Å². The van der Waals surface area contributed by atoms with Crippen LogP contribution in [0.2, 0.25) is 0 Å². The molecule has 0 amide bonds. The third-order valence-corrected chi connectivity index (χ3v) is 6.88. The van der Waals surface area contributed by atoms with Crippen LogP contribution >= 0.6 is 24.0 Å². The van der Waals surface area contributed by atoms with Gasteiger partial charge in [0.2, 0.25) is 0 Å². The zero-order valence-electron chi connectivity index (χ0n) is 17.2. The molecule has 1 aromatic carbocycles. The minimum Gasteiger partial charge on any atom is -0.378 e. The van der Waals surface area contributed by atoms with Gasteiger partial charge in [-0.15, -0.1) is 24.0 Å². The number of hydrogen-bond donors (Lipinski definition) is 2. The fourth-order valence-corrected chi connectivity index (χ4v) is 4.82. The maximum Gasteiger partial charge on any atom is 0.191 e. The normalized spacial score (nSPS) is 21.1. The number of nitrogens with zero attached hydrogens (tertiary/aromatic N) is 2. The molecule has 2 rings (SSSR count). The summed E-state index contributed by atoms with van der Waals surface area (Å²) < 4.78 is 12.1.